The van der Waals surface area contributed by atoms with Crippen LogP contribution < -0.4 is 15.4 Å². The Morgan fingerprint density at radius 1 is 1.22 bits per heavy atom. The van der Waals surface area contributed by atoms with E-state index >= 15 is 0 Å². The molecule has 0 aliphatic heterocycles. The minimum absolute atomic E-state index is 0.0474. The van der Waals surface area contributed by atoms with E-state index in [1.54, 1.807) is 0 Å². The van der Waals surface area contributed by atoms with Gasteiger partial charge in [0.15, 0.2) is 0 Å². The molecule has 1 heterocycles. The number of nitrogens with zero attached hydrogens (tertiary/aromatic N) is 3. The zero-order valence-corrected chi connectivity index (χ0v) is 11.4. The first-order valence-corrected chi connectivity index (χ1v) is 6.45. The molecule has 0 radical (unpaired) electrons. The summed E-state index contributed by atoms with van der Waals surface area (Å²) >= 11 is 0. The molecule has 1 aromatic heterocycles. The predicted molar refractivity (Wildman–Crippen MR) is 71.0 cm³/mol. The van der Waals surface area contributed by atoms with Gasteiger partial charge in [-0.1, -0.05) is 0 Å². The Morgan fingerprint density at radius 3 is 2.44 bits per heavy atom. The van der Waals surface area contributed by atoms with Crippen molar-refractivity contribution in [2.45, 2.75) is 52.2 Å². The maximum atomic E-state index is 5.53. The van der Waals surface area contributed by atoms with Gasteiger partial charge in [0.25, 0.3) is 0 Å². The molecule has 0 amide bonds. The van der Waals surface area contributed by atoms with Gasteiger partial charge in [-0.25, -0.2) is 0 Å². The van der Waals surface area contributed by atoms with Crippen LogP contribution in [0.1, 0.15) is 40.5 Å². The zero-order valence-electron chi connectivity index (χ0n) is 11.4. The van der Waals surface area contributed by atoms with E-state index in [9.17, 15) is 0 Å². The molecule has 2 rings (SSSR count). The van der Waals surface area contributed by atoms with Crippen molar-refractivity contribution in [3.8, 4) is 6.01 Å². The van der Waals surface area contributed by atoms with Gasteiger partial charge >= 0.3 is 6.01 Å². The second-order valence-electron chi connectivity index (χ2n) is 5.15. The molecule has 0 bridgehead atoms. The van der Waals surface area contributed by atoms with Gasteiger partial charge in [-0.3, -0.25) is 0 Å². The molecule has 0 spiro atoms. The standard InChI is InChI=1S/C12H21N5O/c1-5-13-9-14-10(17-12(4)6-7-12)16-11(15-9)18-8(2)3/h8H,5-7H2,1-4H3,(H2,13,14,15,16,17). The highest BCUT2D eigenvalue weighted by Gasteiger charge is 2.38. The Kier molecular flexibility index (Phi) is 3.54. The van der Waals surface area contributed by atoms with E-state index in [0.29, 0.717) is 17.9 Å². The molecule has 1 aliphatic rings. The topological polar surface area (TPSA) is 72.0 Å². The SMILES string of the molecule is CCNc1nc(NC2(C)CC2)nc(OC(C)C)n1. The highest BCUT2D eigenvalue weighted by Crippen LogP contribution is 2.37. The second-order valence-corrected chi connectivity index (χ2v) is 5.15. The number of aromatic nitrogens is 3. The van der Waals surface area contributed by atoms with E-state index in [1.807, 2.05) is 20.8 Å². The zero-order chi connectivity index (χ0) is 13.2. The van der Waals surface area contributed by atoms with Gasteiger partial charge in [0.2, 0.25) is 11.9 Å². The maximum Gasteiger partial charge on any atom is 0.323 e. The van der Waals surface area contributed by atoms with Crippen LogP contribution in [0.5, 0.6) is 6.01 Å². The van der Waals surface area contributed by atoms with Gasteiger partial charge in [-0.2, -0.15) is 15.0 Å². The van der Waals surface area contributed by atoms with Crippen LogP contribution in [0.15, 0.2) is 0 Å². The van der Waals surface area contributed by atoms with Gasteiger partial charge in [0, 0.05) is 12.1 Å². The third-order valence-corrected chi connectivity index (χ3v) is 2.70. The third kappa shape index (κ3) is 3.45. The van der Waals surface area contributed by atoms with Gasteiger partial charge in [-0.05, 0) is 40.5 Å². The normalized spacial score (nSPS) is 16.5. The molecule has 2 N–H and O–H groups in total. The Bertz CT molecular complexity index is 417. The average molecular weight is 251 g/mol. The summed E-state index contributed by atoms with van der Waals surface area (Å²) in [5.74, 6) is 1.13. The van der Waals surface area contributed by atoms with Gasteiger partial charge in [0.05, 0.1) is 6.10 Å². The predicted octanol–water partition coefficient (Wildman–Crippen LogP) is 2.05. The minimum atomic E-state index is 0.0474. The van der Waals surface area contributed by atoms with Crippen molar-refractivity contribution < 1.29 is 4.74 Å². The molecule has 1 fully saturated rings. The highest BCUT2D eigenvalue weighted by molar-refractivity contribution is 5.39. The van der Waals surface area contributed by atoms with Gasteiger partial charge in [-0.15, -0.1) is 0 Å². The van der Waals surface area contributed by atoms with Crippen molar-refractivity contribution in [2.75, 3.05) is 17.2 Å². The molecular formula is C12H21N5O. The molecule has 0 aromatic carbocycles. The lowest BCUT2D eigenvalue weighted by molar-refractivity contribution is 0.222. The Morgan fingerprint density at radius 2 is 1.89 bits per heavy atom. The van der Waals surface area contributed by atoms with Crippen molar-refractivity contribution in [1.82, 2.24) is 15.0 Å². The summed E-state index contributed by atoms with van der Waals surface area (Å²) in [7, 11) is 0. The minimum Gasteiger partial charge on any atom is -0.461 e. The average Bonchev–Trinajstić information content (AvgIpc) is 2.94. The number of ether oxygens (including phenoxy) is 1. The Labute approximate surface area is 108 Å². The molecule has 0 unspecified atom stereocenters. The fourth-order valence-electron chi connectivity index (χ4n) is 1.50. The molecule has 6 nitrogen and oxygen atoms in total. The molecule has 0 saturated heterocycles. The van der Waals surface area contributed by atoms with E-state index < -0.39 is 0 Å². The van der Waals surface area contributed by atoms with E-state index in [4.69, 9.17) is 4.74 Å². The first-order chi connectivity index (χ1) is 8.50. The molecule has 6 heteroatoms. The van der Waals surface area contributed by atoms with Crippen LogP contribution in [0.2, 0.25) is 0 Å². The summed E-state index contributed by atoms with van der Waals surface area (Å²) in [5.41, 5.74) is 0.139. The number of anilines is 2. The van der Waals surface area contributed by atoms with E-state index in [-0.39, 0.29) is 11.6 Å². The smallest absolute Gasteiger partial charge is 0.323 e. The van der Waals surface area contributed by atoms with Crippen LogP contribution in [0.4, 0.5) is 11.9 Å². The van der Waals surface area contributed by atoms with Crippen molar-refractivity contribution in [2.24, 2.45) is 0 Å². The molecule has 1 aliphatic carbocycles. The lowest BCUT2D eigenvalue weighted by atomic mass is 10.3. The lowest BCUT2D eigenvalue weighted by Crippen LogP contribution is -2.20. The van der Waals surface area contributed by atoms with E-state index in [1.165, 1.54) is 0 Å². The monoisotopic (exact) mass is 251 g/mol. The number of nitrogens with one attached hydrogen (secondary N) is 2. The number of rotatable bonds is 6. The van der Waals surface area contributed by atoms with Crippen LogP contribution in [-0.2, 0) is 0 Å². The largest absolute Gasteiger partial charge is 0.461 e. The van der Waals surface area contributed by atoms with Gasteiger partial charge < -0.3 is 15.4 Å². The van der Waals surface area contributed by atoms with Crippen LogP contribution in [0.25, 0.3) is 0 Å². The van der Waals surface area contributed by atoms with Crippen molar-refractivity contribution >= 4 is 11.9 Å². The first-order valence-electron chi connectivity index (χ1n) is 6.45. The summed E-state index contributed by atoms with van der Waals surface area (Å²) in [6.07, 6.45) is 2.34. The fraction of sp³-hybridized carbons (Fsp3) is 0.750. The lowest BCUT2D eigenvalue weighted by Gasteiger charge is -2.14. The maximum absolute atomic E-state index is 5.53. The van der Waals surface area contributed by atoms with E-state index in [2.05, 4.69) is 32.5 Å². The molecule has 18 heavy (non-hydrogen) atoms. The van der Waals surface area contributed by atoms with Crippen molar-refractivity contribution in [1.29, 1.82) is 0 Å². The quantitative estimate of drug-likeness (QED) is 0.806. The summed E-state index contributed by atoms with van der Waals surface area (Å²) in [4.78, 5) is 12.8. The van der Waals surface area contributed by atoms with Crippen LogP contribution in [0, 0.1) is 0 Å². The molecule has 0 atom stereocenters. The molecule has 1 saturated carbocycles. The van der Waals surface area contributed by atoms with E-state index in [0.717, 1.165) is 19.4 Å². The van der Waals surface area contributed by atoms with Crippen LogP contribution >= 0.6 is 0 Å². The fourth-order valence-corrected chi connectivity index (χ4v) is 1.50. The summed E-state index contributed by atoms with van der Waals surface area (Å²) < 4.78 is 5.53. The number of hydrogen-bond acceptors (Lipinski definition) is 6. The van der Waals surface area contributed by atoms with Crippen molar-refractivity contribution in [3.63, 3.8) is 0 Å². The van der Waals surface area contributed by atoms with Crippen LogP contribution in [-0.4, -0.2) is 33.1 Å². The van der Waals surface area contributed by atoms with Crippen molar-refractivity contribution in [3.05, 3.63) is 0 Å². The van der Waals surface area contributed by atoms with Crippen LogP contribution in [0.3, 0.4) is 0 Å². The number of hydrogen-bond donors (Lipinski definition) is 2. The Balaban J connectivity index is 2.18. The molecular weight excluding hydrogens is 230 g/mol. The first kappa shape index (κ1) is 12.9. The van der Waals surface area contributed by atoms with Gasteiger partial charge in [0.1, 0.15) is 0 Å². The third-order valence-electron chi connectivity index (χ3n) is 2.70. The molecule has 100 valence electrons. The molecule has 1 aromatic rings. The second kappa shape index (κ2) is 4.96. The summed E-state index contributed by atoms with van der Waals surface area (Å²) in [5, 5.41) is 6.41. The summed E-state index contributed by atoms with van der Waals surface area (Å²) in [6, 6.07) is 0.364. The summed E-state index contributed by atoms with van der Waals surface area (Å²) in [6.45, 7) is 8.83. The highest BCUT2D eigenvalue weighted by atomic mass is 16.5. The Hall–Kier alpha value is -1.59.